The van der Waals surface area contributed by atoms with Gasteiger partial charge in [-0.2, -0.15) is 12.6 Å². The van der Waals surface area contributed by atoms with Crippen LogP contribution in [0.1, 0.15) is 19.8 Å². The van der Waals surface area contributed by atoms with Gasteiger partial charge in [-0.1, -0.05) is 0 Å². The van der Waals surface area contributed by atoms with Gasteiger partial charge in [0.2, 0.25) is 5.91 Å². The maximum atomic E-state index is 11.2. The summed E-state index contributed by atoms with van der Waals surface area (Å²) in [7, 11) is 0. The number of thiol groups is 1. The SMILES string of the molecule is C[C@H](S)NC(=O)CN1CCCC1. The quantitative estimate of drug-likeness (QED) is 0.498. The highest BCUT2D eigenvalue weighted by molar-refractivity contribution is 7.80. The van der Waals surface area contributed by atoms with Gasteiger partial charge in [0, 0.05) is 0 Å². The monoisotopic (exact) mass is 188 g/mol. The molecule has 70 valence electrons. The van der Waals surface area contributed by atoms with E-state index in [1.54, 1.807) is 0 Å². The molecular weight excluding hydrogens is 172 g/mol. The average Bonchev–Trinajstić information content (AvgIpc) is 2.37. The van der Waals surface area contributed by atoms with Crippen LogP contribution in [-0.2, 0) is 4.79 Å². The smallest absolute Gasteiger partial charge is 0.235 e. The second-order valence-corrected chi connectivity index (χ2v) is 4.00. The van der Waals surface area contributed by atoms with E-state index >= 15 is 0 Å². The molecule has 3 nitrogen and oxygen atoms in total. The number of nitrogens with one attached hydrogen (secondary N) is 1. The summed E-state index contributed by atoms with van der Waals surface area (Å²) < 4.78 is 0. The molecule has 0 spiro atoms. The van der Waals surface area contributed by atoms with E-state index in [0.717, 1.165) is 13.1 Å². The number of hydrogen-bond acceptors (Lipinski definition) is 3. The Kier molecular flexibility index (Phi) is 3.88. The normalized spacial score (nSPS) is 20.8. The van der Waals surface area contributed by atoms with Gasteiger partial charge in [-0.3, -0.25) is 9.69 Å². The van der Waals surface area contributed by atoms with Crippen molar-refractivity contribution in [2.75, 3.05) is 19.6 Å². The number of carbonyl (C=O) groups is 1. The first-order valence-electron chi connectivity index (χ1n) is 4.38. The number of carbonyl (C=O) groups excluding carboxylic acids is 1. The molecule has 0 aliphatic carbocycles. The number of nitrogens with zero attached hydrogens (tertiary/aromatic N) is 1. The molecule has 1 aliphatic rings. The molecule has 1 atom stereocenters. The molecule has 0 bridgehead atoms. The molecule has 4 heteroatoms. The van der Waals surface area contributed by atoms with Crippen molar-refractivity contribution in [3.8, 4) is 0 Å². The number of likely N-dealkylation sites (tertiary alicyclic amines) is 1. The fourth-order valence-corrected chi connectivity index (χ4v) is 1.57. The zero-order chi connectivity index (χ0) is 8.97. The lowest BCUT2D eigenvalue weighted by Crippen LogP contribution is -2.38. The molecular formula is C8H16N2OS. The maximum absolute atomic E-state index is 11.2. The molecule has 0 radical (unpaired) electrons. The summed E-state index contributed by atoms with van der Waals surface area (Å²) >= 11 is 4.08. The highest BCUT2D eigenvalue weighted by atomic mass is 32.1. The van der Waals surface area contributed by atoms with E-state index < -0.39 is 0 Å². The van der Waals surface area contributed by atoms with Crippen molar-refractivity contribution in [3.63, 3.8) is 0 Å². The van der Waals surface area contributed by atoms with Crippen LogP contribution in [0.5, 0.6) is 0 Å². The van der Waals surface area contributed by atoms with Crippen LogP contribution >= 0.6 is 12.6 Å². The van der Waals surface area contributed by atoms with Crippen LogP contribution in [0.15, 0.2) is 0 Å². The Morgan fingerprint density at radius 3 is 2.67 bits per heavy atom. The number of rotatable bonds is 3. The molecule has 0 aromatic carbocycles. The fourth-order valence-electron chi connectivity index (χ4n) is 1.42. The summed E-state index contributed by atoms with van der Waals surface area (Å²) in [6, 6.07) is 0. The van der Waals surface area contributed by atoms with Crippen molar-refractivity contribution >= 4 is 18.5 Å². The van der Waals surface area contributed by atoms with Crippen LogP contribution in [0.4, 0.5) is 0 Å². The first kappa shape index (κ1) is 9.86. The molecule has 12 heavy (non-hydrogen) atoms. The molecule has 1 heterocycles. The Morgan fingerprint density at radius 1 is 1.58 bits per heavy atom. The van der Waals surface area contributed by atoms with Gasteiger partial charge >= 0.3 is 0 Å². The Balaban J connectivity index is 2.16. The minimum Gasteiger partial charge on any atom is -0.344 e. The van der Waals surface area contributed by atoms with E-state index in [4.69, 9.17) is 0 Å². The summed E-state index contributed by atoms with van der Waals surface area (Å²) in [5.74, 6) is 0.0828. The standard InChI is InChI=1S/C8H16N2OS/c1-7(12)9-8(11)6-10-4-2-3-5-10/h7,12H,2-6H2,1H3,(H,9,11)/t7-/m0/s1. The van der Waals surface area contributed by atoms with Crippen molar-refractivity contribution in [1.29, 1.82) is 0 Å². The van der Waals surface area contributed by atoms with Gasteiger partial charge in [0.05, 0.1) is 11.9 Å². The second kappa shape index (κ2) is 4.72. The van der Waals surface area contributed by atoms with Crippen molar-refractivity contribution < 1.29 is 4.79 Å². The third kappa shape index (κ3) is 3.45. The minimum absolute atomic E-state index is 0.0416. The Bertz CT molecular complexity index is 155. The second-order valence-electron chi connectivity index (χ2n) is 3.23. The van der Waals surface area contributed by atoms with Gasteiger partial charge < -0.3 is 5.32 Å². The van der Waals surface area contributed by atoms with Gasteiger partial charge in [-0.05, 0) is 32.9 Å². The summed E-state index contributed by atoms with van der Waals surface area (Å²) in [5, 5.41) is 2.71. The topological polar surface area (TPSA) is 32.3 Å². The van der Waals surface area contributed by atoms with E-state index in [-0.39, 0.29) is 11.3 Å². The lowest BCUT2D eigenvalue weighted by atomic mass is 10.4. The average molecular weight is 188 g/mol. The Morgan fingerprint density at radius 2 is 2.17 bits per heavy atom. The molecule has 0 unspecified atom stereocenters. The Labute approximate surface area is 78.9 Å². The molecule has 1 saturated heterocycles. The van der Waals surface area contributed by atoms with Gasteiger partial charge in [0.15, 0.2) is 0 Å². The van der Waals surface area contributed by atoms with E-state index in [2.05, 4.69) is 22.8 Å². The highest BCUT2D eigenvalue weighted by Crippen LogP contribution is 2.05. The van der Waals surface area contributed by atoms with E-state index in [1.165, 1.54) is 12.8 Å². The van der Waals surface area contributed by atoms with Gasteiger partial charge in [-0.25, -0.2) is 0 Å². The van der Waals surface area contributed by atoms with E-state index in [9.17, 15) is 4.79 Å². The third-order valence-corrected chi connectivity index (χ3v) is 2.06. The van der Waals surface area contributed by atoms with E-state index in [1.807, 2.05) is 6.92 Å². The summed E-state index contributed by atoms with van der Waals surface area (Å²) in [6.07, 6.45) is 2.45. The molecule has 1 aliphatic heterocycles. The molecule has 1 amide bonds. The molecule has 1 fully saturated rings. The molecule has 1 N–H and O–H groups in total. The van der Waals surface area contributed by atoms with Crippen molar-refractivity contribution in [1.82, 2.24) is 10.2 Å². The number of hydrogen-bond donors (Lipinski definition) is 2. The van der Waals surface area contributed by atoms with Crippen molar-refractivity contribution in [3.05, 3.63) is 0 Å². The molecule has 0 aromatic heterocycles. The van der Waals surface area contributed by atoms with Crippen molar-refractivity contribution in [2.24, 2.45) is 0 Å². The van der Waals surface area contributed by atoms with Crippen LogP contribution in [-0.4, -0.2) is 35.8 Å². The van der Waals surface area contributed by atoms with Crippen LogP contribution in [0.2, 0.25) is 0 Å². The summed E-state index contributed by atoms with van der Waals surface area (Å²) in [4.78, 5) is 13.4. The predicted octanol–water partition coefficient (Wildman–Crippen LogP) is 0.474. The molecule has 1 rings (SSSR count). The summed E-state index contributed by atoms with van der Waals surface area (Å²) in [6.45, 7) is 4.51. The largest absolute Gasteiger partial charge is 0.344 e. The highest BCUT2D eigenvalue weighted by Gasteiger charge is 2.14. The minimum atomic E-state index is -0.0416. The molecule has 0 aromatic rings. The van der Waals surface area contributed by atoms with Crippen LogP contribution in [0, 0.1) is 0 Å². The lowest BCUT2D eigenvalue weighted by molar-refractivity contribution is -0.122. The van der Waals surface area contributed by atoms with Gasteiger partial charge in [0.25, 0.3) is 0 Å². The zero-order valence-corrected chi connectivity index (χ0v) is 8.31. The van der Waals surface area contributed by atoms with Crippen LogP contribution < -0.4 is 5.32 Å². The van der Waals surface area contributed by atoms with Gasteiger partial charge in [-0.15, -0.1) is 0 Å². The summed E-state index contributed by atoms with van der Waals surface area (Å²) in [5.41, 5.74) is 0. The first-order valence-corrected chi connectivity index (χ1v) is 4.90. The van der Waals surface area contributed by atoms with Crippen LogP contribution in [0.3, 0.4) is 0 Å². The van der Waals surface area contributed by atoms with Crippen molar-refractivity contribution in [2.45, 2.75) is 25.1 Å². The molecule has 0 saturated carbocycles. The van der Waals surface area contributed by atoms with Gasteiger partial charge in [0.1, 0.15) is 0 Å². The Hall–Kier alpha value is -0.220. The fraction of sp³-hybridized carbons (Fsp3) is 0.875. The van der Waals surface area contributed by atoms with E-state index in [0.29, 0.717) is 6.54 Å². The lowest BCUT2D eigenvalue weighted by Gasteiger charge is -2.15. The third-order valence-electron chi connectivity index (χ3n) is 1.94. The van der Waals surface area contributed by atoms with Crippen LogP contribution in [0.25, 0.3) is 0 Å². The maximum Gasteiger partial charge on any atom is 0.235 e. The predicted molar refractivity (Wildman–Crippen MR) is 52.3 cm³/mol. The zero-order valence-electron chi connectivity index (χ0n) is 7.42. The number of amides is 1. The first-order chi connectivity index (χ1) is 5.68.